The standard InChI is InChI=1S/C56H55FN8O2/c1-65(56-62-49-22-12-11-20-46(49)54(64-56)59-41-28-30-51(66-2)52(34-41)67-3)31-13-21-43-42-17-8-7-16-37(42)32-47(45-19-10-9-18-44(43)45)38-23-29-50-48(33-38)53(58-35-36-14-5-4-6-15-36)63-55(61-50)60-40-26-24-39(57)25-27-40/h4-8,11-12,14-17,20-30,33-34,44-45,47H,9-10,13,18-19,31-32,35H2,1-3H3,(H,59,62,64)(H2,58,60,61,63)/b43-21+. The Morgan fingerprint density at radius 1 is 0.672 bits per heavy atom. The van der Waals surface area contributed by atoms with Crippen molar-refractivity contribution in [2.24, 2.45) is 11.8 Å². The number of methoxy groups -OCH3 is 2. The van der Waals surface area contributed by atoms with Gasteiger partial charge in [0.05, 0.1) is 25.3 Å². The highest BCUT2D eigenvalue weighted by Gasteiger charge is 2.38. The molecule has 67 heavy (non-hydrogen) atoms. The molecule has 6 aromatic carbocycles. The summed E-state index contributed by atoms with van der Waals surface area (Å²) in [6.45, 7) is 1.37. The van der Waals surface area contributed by atoms with Gasteiger partial charge < -0.3 is 30.3 Å². The van der Waals surface area contributed by atoms with Gasteiger partial charge in [-0.1, -0.05) is 91.7 Å². The summed E-state index contributed by atoms with van der Waals surface area (Å²) < 4.78 is 24.8. The van der Waals surface area contributed by atoms with Crippen LogP contribution in [0.1, 0.15) is 60.3 Å². The summed E-state index contributed by atoms with van der Waals surface area (Å²) in [5.74, 6) is 4.83. The highest BCUT2D eigenvalue weighted by atomic mass is 19.1. The highest BCUT2D eigenvalue weighted by Crippen LogP contribution is 2.51. The molecule has 3 N–H and O–H groups in total. The number of nitrogens with zero attached hydrogens (tertiary/aromatic N) is 5. The van der Waals surface area contributed by atoms with Crippen LogP contribution in [0.25, 0.3) is 27.4 Å². The maximum atomic E-state index is 13.8. The number of nitrogens with one attached hydrogen (secondary N) is 3. The molecule has 2 heterocycles. The molecule has 0 radical (unpaired) electrons. The Morgan fingerprint density at radius 2 is 1.43 bits per heavy atom. The van der Waals surface area contributed by atoms with Gasteiger partial charge >= 0.3 is 0 Å². The Labute approximate surface area is 391 Å². The summed E-state index contributed by atoms with van der Waals surface area (Å²) in [5.41, 5.74) is 9.99. The van der Waals surface area contributed by atoms with Gasteiger partial charge in [0.25, 0.3) is 0 Å². The molecule has 2 aliphatic rings. The van der Waals surface area contributed by atoms with Gasteiger partial charge in [-0.2, -0.15) is 9.97 Å². The first-order valence-electron chi connectivity index (χ1n) is 23.3. The summed E-state index contributed by atoms with van der Waals surface area (Å²) in [6, 6.07) is 46.3. The number of halogens is 1. The second kappa shape index (κ2) is 19.5. The first-order valence-corrected chi connectivity index (χ1v) is 23.3. The van der Waals surface area contributed by atoms with E-state index in [0.717, 1.165) is 76.2 Å². The van der Waals surface area contributed by atoms with Crippen LogP contribution in [-0.4, -0.2) is 47.7 Å². The molecular weight excluding hydrogens is 836 g/mol. The van der Waals surface area contributed by atoms with E-state index in [-0.39, 0.29) is 5.82 Å². The number of rotatable bonds is 14. The molecule has 10 rings (SSSR count). The summed E-state index contributed by atoms with van der Waals surface area (Å²) in [4.78, 5) is 22.3. The van der Waals surface area contributed by atoms with Crippen LogP contribution >= 0.6 is 0 Å². The number of allylic oxidation sites excluding steroid dienone is 1. The van der Waals surface area contributed by atoms with Crippen LogP contribution < -0.4 is 30.3 Å². The fraction of sp³-hybridized carbons (Fsp3) is 0.250. The number of para-hydroxylation sites is 1. The lowest BCUT2D eigenvalue weighted by atomic mass is 9.67. The largest absolute Gasteiger partial charge is 0.493 e. The van der Waals surface area contributed by atoms with Crippen molar-refractivity contribution in [3.05, 3.63) is 174 Å². The van der Waals surface area contributed by atoms with Crippen molar-refractivity contribution in [2.75, 3.05) is 48.7 Å². The van der Waals surface area contributed by atoms with Gasteiger partial charge in [0.15, 0.2) is 11.5 Å². The maximum Gasteiger partial charge on any atom is 0.229 e. The zero-order chi connectivity index (χ0) is 45.7. The van der Waals surface area contributed by atoms with E-state index in [1.165, 1.54) is 53.7 Å². The molecule has 0 amide bonds. The molecule has 338 valence electrons. The maximum absolute atomic E-state index is 13.8. The minimum atomic E-state index is -0.289. The molecule has 0 saturated heterocycles. The normalized spacial score (nSPS) is 17.3. The van der Waals surface area contributed by atoms with E-state index in [2.05, 4.69) is 101 Å². The number of benzene rings is 6. The lowest BCUT2D eigenvalue weighted by Gasteiger charge is -2.37. The first-order chi connectivity index (χ1) is 32.9. The first kappa shape index (κ1) is 43.4. The van der Waals surface area contributed by atoms with Gasteiger partial charge in [-0.05, 0) is 132 Å². The molecule has 0 spiro atoms. The van der Waals surface area contributed by atoms with E-state index >= 15 is 0 Å². The lowest BCUT2D eigenvalue weighted by molar-refractivity contribution is 0.250. The van der Waals surface area contributed by atoms with E-state index in [1.807, 2.05) is 48.5 Å². The van der Waals surface area contributed by atoms with E-state index in [0.29, 0.717) is 47.7 Å². The Balaban J connectivity index is 0.942. The van der Waals surface area contributed by atoms with Crippen molar-refractivity contribution in [2.45, 2.75) is 51.0 Å². The Bertz CT molecular complexity index is 3050. The van der Waals surface area contributed by atoms with Crippen LogP contribution in [-0.2, 0) is 13.0 Å². The minimum absolute atomic E-state index is 0.289. The van der Waals surface area contributed by atoms with Crippen molar-refractivity contribution in [1.29, 1.82) is 0 Å². The molecule has 0 bridgehead atoms. The van der Waals surface area contributed by atoms with Gasteiger partial charge in [0, 0.05) is 48.4 Å². The molecule has 1 saturated carbocycles. The molecule has 2 aromatic heterocycles. The predicted molar refractivity (Wildman–Crippen MR) is 270 cm³/mol. The number of hydrogen-bond donors (Lipinski definition) is 3. The predicted octanol–water partition coefficient (Wildman–Crippen LogP) is 12.9. The van der Waals surface area contributed by atoms with Crippen LogP contribution in [0.3, 0.4) is 0 Å². The van der Waals surface area contributed by atoms with E-state index in [9.17, 15) is 4.39 Å². The molecule has 0 aliphatic heterocycles. The van der Waals surface area contributed by atoms with E-state index < -0.39 is 0 Å². The monoisotopic (exact) mass is 890 g/mol. The van der Waals surface area contributed by atoms with Crippen LogP contribution in [0.2, 0.25) is 0 Å². The average molecular weight is 891 g/mol. The molecule has 1 fully saturated rings. The number of fused-ring (bicyclic) bond motifs is 4. The zero-order valence-corrected chi connectivity index (χ0v) is 38.2. The molecular formula is C56H55FN8O2. The SMILES string of the molecule is COc1ccc(Nc2nc(N(C)CC/C=C3\c4ccccc4CC(c4ccc5nc(Nc6ccc(F)cc6)nc(NCc6ccccc6)c5c4)C4CCCCC34)nc3ccccc23)cc1OC. The van der Waals surface area contributed by atoms with Crippen LogP contribution in [0.15, 0.2) is 146 Å². The van der Waals surface area contributed by atoms with Gasteiger partial charge in [0.2, 0.25) is 11.9 Å². The van der Waals surface area contributed by atoms with E-state index in [1.54, 1.807) is 26.4 Å². The zero-order valence-electron chi connectivity index (χ0n) is 38.2. The van der Waals surface area contributed by atoms with Crippen molar-refractivity contribution in [3.8, 4) is 11.5 Å². The molecule has 8 aromatic rings. The Hall–Kier alpha value is -7.53. The summed E-state index contributed by atoms with van der Waals surface area (Å²) in [5, 5.41) is 12.4. The second-order valence-corrected chi connectivity index (χ2v) is 17.6. The molecule has 11 heteroatoms. The van der Waals surface area contributed by atoms with Gasteiger partial charge in [-0.25, -0.2) is 14.4 Å². The Morgan fingerprint density at radius 3 is 2.28 bits per heavy atom. The van der Waals surface area contributed by atoms with E-state index in [4.69, 9.17) is 29.4 Å². The fourth-order valence-corrected chi connectivity index (χ4v) is 10.1. The van der Waals surface area contributed by atoms with Crippen molar-refractivity contribution >= 4 is 62.3 Å². The number of hydrogen-bond acceptors (Lipinski definition) is 10. The van der Waals surface area contributed by atoms with Crippen LogP contribution in [0, 0.1) is 17.7 Å². The second-order valence-electron chi connectivity index (χ2n) is 17.6. The number of aromatic nitrogens is 4. The third-order valence-corrected chi connectivity index (χ3v) is 13.5. The van der Waals surface area contributed by atoms with Crippen LogP contribution in [0.4, 0.5) is 39.3 Å². The molecule has 3 unspecified atom stereocenters. The van der Waals surface area contributed by atoms with Gasteiger partial charge in [-0.3, -0.25) is 0 Å². The minimum Gasteiger partial charge on any atom is -0.493 e. The highest BCUT2D eigenvalue weighted by molar-refractivity contribution is 5.92. The fourth-order valence-electron chi connectivity index (χ4n) is 10.1. The Kier molecular flexibility index (Phi) is 12.6. The quantitative estimate of drug-likeness (QED) is 0.0976. The smallest absolute Gasteiger partial charge is 0.229 e. The summed E-state index contributed by atoms with van der Waals surface area (Å²) in [7, 11) is 5.36. The third-order valence-electron chi connectivity index (χ3n) is 13.5. The van der Waals surface area contributed by atoms with Crippen LogP contribution in [0.5, 0.6) is 11.5 Å². The van der Waals surface area contributed by atoms with Gasteiger partial charge in [0.1, 0.15) is 17.5 Å². The topological polar surface area (TPSA) is 109 Å². The molecule has 3 atom stereocenters. The van der Waals surface area contributed by atoms with Crippen molar-refractivity contribution < 1.29 is 13.9 Å². The molecule has 10 nitrogen and oxygen atoms in total. The number of anilines is 6. The number of ether oxygens (including phenoxy) is 2. The van der Waals surface area contributed by atoms with Crippen molar-refractivity contribution in [1.82, 2.24) is 19.9 Å². The third kappa shape index (κ3) is 9.45. The summed E-state index contributed by atoms with van der Waals surface area (Å²) in [6.07, 6.45) is 9.10. The van der Waals surface area contributed by atoms with Crippen molar-refractivity contribution in [3.63, 3.8) is 0 Å². The summed E-state index contributed by atoms with van der Waals surface area (Å²) >= 11 is 0. The molecule has 2 aliphatic carbocycles. The lowest BCUT2D eigenvalue weighted by Crippen LogP contribution is -2.26. The van der Waals surface area contributed by atoms with Gasteiger partial charge in [-0.15, -0.1) is 0 Å². The average Bonchev–Trinajstić information content (AvgIpc) is 3.51.